The minimum absolute atomic E-state index is 0.162. The zero-order valence-corrected chi connectivity index (χ0v) is 13.0. The number of nitrogens with one attached hydrogen (secondary N) is 1. The van der Waals surface area contributed by atoms with E-state index in [2.05, 4.69) is 20.2 Å². The second-order valence-electron chi connectivity index (χ2n) is 7.16. The number of carbonyl (C=O) groups excluding carboxylic acids is 1. The Labute approximate surface area is 131 Å². The fraction of sp³-hybridized carbons (Fsp3) is 0.706. The van der Waals surface area contributed by atoms with E-state index in [9.17, 15) is 4.79 Å². The van der Waals surface area contributed by atoms with Crippen molar-refractivity contribution in [2.75, 3.05) is 11.9 Å². The Bertz CT molecular complexity index is 535. The van der Waals surface area contributed by atoms with E-state index in [-0.39, 0.29) is 5.54 Å². The summed E-state index contributed by atoms with van der Waals surface area (Å²) in [5, 5.41) is 3.44. The first-order chi connectivity index (χ1) is 10.8. The maximum absolute atomic E-state index is 12.3. The van der Waals surface area contributed by atoms with Gasteiger partial charge >= 0.3 is 0 Å². The zero-order valence-electron chi connectivity index (χ0n) is 13.0. The summed E-state index contributed by atoms with van der Waals surface area (Å²) in [7, 11) is 0. The first-order valence-electron chi connectivity index (χ1n) is 8.59. The number of likely N-dealkylation sites (tertiary alicyclic amines) is 1. The minimum atomic E-state index is 0.162. The van der Waals surface area contributed by atoms with Gasteiger partial charge in [0.25, 0.3) is 0 Å². The summed E-state index contributed by atoms with van der Waals surface area (Å²) in [6, 6.07) is 2.27. The van der Waals surface area contributed by atoms with E-state index in [0.717, 1.165) is 56.9 Å². The Balaban J connectivity index is 1.38. The van der Waals surface area contributed by atoms with Gasteiger partial charge in [-0.2, -0.15) is 0 Å². The van der Waals surface area contributed by atoms with Crippen molar-refractivity contribution in [3.63, 3.8) is 0 Å². The molecule has 118 valence electrons. The van der Waals surface area contributed by atoms with Crippen molar-refractivity contribution < 1.29 is 4.79 Å². The first kappa shape index (κ1) is 14.0. The molecule has 2 heterocycles. The van der Waals surface area contributed by atoms with Gasteiger partial charge in [0.05, 0.1) is 0 Å². The van der Waals surface area contributed by atoms with Crippen LogP contribution >= 0.6 is 0 Å². The third kappa shape index (κ3) is 2.69. The topological polar surface area (TPSA) is 58.1 Å². The van der Waals surface area contributed by atoms with Crippen LogP contribution in [0.2, 0.25) is 0 Å². The van der Waals surface area contributed by atoms with Gasteiger partial charge in [0.1, 0.15) is 0 Å². The average molecular weight is 300 g/mol. The van der Waals surface area contributed by atoms with Gasteiger partial charge in [-0.05, 0) is 56.9 Å². The molecule has 0 radical (unpaired) electrons. The molecule has 0 bridgehead atoms. The number of nitrogens with zero attached hydrogens (tertiary/aromatic N) is 3. The number of hydrogen-bond donors (Lipinski definition) is 1. The van der Waals surface area contributed by atoms with Crippen molar-refractivity contribution in [1.82, 2.24) is 14.9 Å². The molecular weight excluding hydrogens is 276 g/mol. The van der Waals surface area contributed by atoms with Gasteiger partial charge in [0.2, 0.25) is 11.9 Å². The Morgan fingerprint density at radius 1 is 1.14 bits per heavy atom. The molecule has 3 aliphatic rings. The van der Waals surface area contributed by atoms with Crippen LogP contribution in [-0.4, -0.2) is 38.9 Å². The third-order valence-electron chi connectivity index (χ3n) is 5.63. The van der Waals surface area contributed by atoms with E-state index < -0.39 is 0 Å². The lowest BCUT2D eigenvalue weighted by molar-refractivity contribution is -0.132. The van der Waals surface area contributed by atoms with Crippen LogP contribution in [0, 0.1) is 5.92 Å². The van der Waals surface area contributed by atoms with Gasteiger partial charge in [-0.3, -0.25) is 4.79 Å². The largest absolute Gasteiger partial charge is 0.351 e. The van der Waals surface area contributed by atoms with E-state index in [4.69, 9.17) is 0 Å². The van der Waals surface area contributed by atoms with Crippen molar-refractivity contribution >= 4 is 11.9 Å². The fourth-order valence-corrected chi connectivity index (χ4v) is 4.10. The maximum atomic E-state index is 12.3. The summed E-state index contributed by atoms with van der Waals surface area (Å²) in [5.41, 5.74) is 0.162. The van der Waals surface area contributed by atoms with Crippen molar-refractivity contribution in [1.29, 1.82) is 0 Å². The van der Waals surface area contributed by atoms with Crippen molar-refractivity contribution in [2.24, 2.45) is 5.92 Å². The second kappa shape index (κ2) is 5.52. The molecule has 0 unspecified atom stereocenters. The number of amides is 1. The molecule has 22 heavy (non-hydrogen) atoms. The van der Waals surface area contributed by atoms with Gasteiger partial charge in [0, 0.05) is 36.9 Å². The van der Waals surface area contributed by atoms with Crippen molar-refractivity contribution in [3.8, 4) is 0 Å². The van der Waals surface area contributed by atoms with Crippen LogP contribution in [0.1, 0.15) is 51.4 Å². The molecule has 1 spiro atoms. The first-order valence-corrected chi connectivity index (χ1v) is 8.59. The quantitative estimate of drug-likeness (QED) is 0.928. The molecule has 1 N–H and O–H groups in total. The predicted octanol–water partition coefficient (Wildman–Crippen LogP) is 2.60. The molecule has 1 amide bonds. The summed E-state index contributed by atoms with van der Waals surface area (Å²) in [5.74, 6) is 1.90. The van der Waals surface area contributed by atoms with Gasteiger partial charge in [0.15, 0.2) is 0 Å². The zero-order chi connectivity index (χ0) is 15.0. The molecule has 0 atom stereocenters. The molecule has 2 aliphatic carbocycles. The van der Waals surface area contributed by atoms with Gasteiger partial charge in [-0.1, -0.05) is 0 Å². The van der Waals surface area contributed by atoms with Crippen LogP contribution < -0.4 is 5.32 Å². The lowest BCUT2D eigenvalue weighted by atomic mass is 9.77. The Hall–Kier alpha value is -1.65. The van der Waals surface area contributed by atoms with Gasteiger partial charge in [-0.25, -0.2) is 9.97 Å². The number of hydrogen-bond acceptors (Lipinski definition) is 4. The number of aromatic nitrogens is 2. The molecule has 1 aromatic heterocycles. The van der Waals surface area contributed by atoms with E-state index >= 15 is 0 Å². The monoisotopic (exact) mass is 300 g/mol. The number of carbonyl (C=O) groups is 1. The summed E-state index contributed by atoms with van der Waals surface area (Å²) < 4.78 is 0. The van der Waals surface area contributed by atoms with E-state index in [1.165, 1.54) is 12.8 Å². The molecule has 1 aliphatic heterocycles. The third-order valence-corrected chi connectivity index (χ3v) is 5.63. The van der Waals surface area contributed by atoms with Crippen LogP contribution in [0.5, 0.6) is 0 Å². The maximum Gasteiger partial charge on any atom is 0.223 e. The Morgan fingerprint density at radius 3 is 2.55 bits per heavy atom. The highest BCUT2D eigenvalue weighted by Crippen LogP contribution is 2.45. The van der Waals surface area contributed by atoms with Crippen LogP contribution in [0.15, 0.2) is 18.5 Å². The van der Waals surface area contributed by atoms with E-state index in [1.54, 1.807) is 12.4 Å². The minimum Gasteiger partial charge on any atom is -0.351 e. The molecule has 5 heteroatoms. The van der Waals surface area contributed by atoms with Crippen LogP contribution in [0.3, 0.4) is 0 Å². The predicted molar refractivity (Wildman–Crippen MR) is 84.3 cm³/mol. The SMILES string of the molecule is O=C1CCC2(CCC(Nc3ncccn3)CC2)N1CC1CC1. The molecule has 4 rings (SSSR count). The highest BCUT2D eigenvalue weighted by Gasteiger charge is 2.48. The molecule has 2 saturated carbocycles. The average Bonchev–Trinajstić information content (AvgIpc) is 3.32. The lowest BCUT2D eigenvalue weighted by Crippen LogP contribution is -2.50. The van der Waals surface area contributed by atoms with E-state index in [1.807, 2.05) is 6.07 Å². The van der Waals surface area contributed by atoms with Gasteiger partial charge in [-0.15, -0.1) is 0 Å². The smallest absolute Gasteiger partial charge is 0.223 e. The molecule has 0 aromatic carbocycles. The number of rotatable bonds is 4. The van der Waals surface area contributed by atoms with Crippen LogP contribution in [0.25, 0.3) is 0 Å². The molecule has 5 nitrogen and oxygen atoms in total. The van der Waals surface area contributed by atoms with Crippen molar-refractivity contribution in [2.45, 2.75) is 62.9 Å². The highest BCUT2D eigenvalue weighted by atomic mass is 16.2. The Morgan fingerprint density at radius 2 is 1.86 bits per heavy atom. The van der Waals surface area contributed by atoms with E-state index in [0.29, 0.717) is 11.9 Å². The highest BCUT2D eigenvalue weighted by molar-refractivity contribution is 5.79. The molecule has 1 aromatic rings. The molecule has 1 saturated heterocycles. The summed E-state index contributed by atoms with van der Waals surface area (Å²) in [4.78, 5) is 23.0. The van der Waals surface area contributed by atoms with Crippen LogP contribution in [-0.2, 0) is 4.79 Å². The molecule has 3 fully saturated rings. The fourth-order valence-electron chi connectivity index (χ4n) is 4.10. The summed E-state index contributed by atoms with van der Waals surface area (Å²) in [6.45, 7) is 1.01. The van der Waals surface area contributed by atoms with Crippen LogP contribution in [0.4, 0.5) is 5.95 Å². The second-order valence-corrected chi connectivity index (χ2v) is 7.16. The number of anilines is 1. The standard InChI is InChI=1S/C17H24N4O/c22-15-6-9-17(21(15)12-13-2-3-13)7-4-14(5-8-17)20-16-18-10-1-11-19-16/h1,10-11,13-14H,2-9,12H2,(H,18,19,20). The van der Waals surface area contributed by atoms with Gasteiger partial charge < -0.3 is 10.2 Å². The Kier molecular flexibility index (Phi) is 3.51. The lowest BCUT2D eigenvalue weighted by Gasteiger charge is -2.44. The molecular formula is C17H24N4O. The van der Waals surface area contributed by atoms with Crippen molar-refractivity contribution in [3.05, 3.63) is 18.5 Å². The normalized spacial score (nSPS) is 31.7. The summed E-state index contributed by atoms with van der Waals surface area (Å²) >= 11 is 0. The summed E-state index contributed by atoms with van der Waals surface area (Å²) in [6.07, 6.45) is 12.4.